The fourth-order valence-electron chi connectivity index (χ4n) is 1.93. The highest BCUT2D eigenvalue weighted by atomic mass is 79.9. The van der Waals surface area contributed by atoms with E-state index in [1.807, 2.05) is 20.0 Å². The van der Waals surface area contributed by atoms with Crippen LogP contribution in [0.2, 0.25) is 0 Å². The normalized spacial score (nSPS) is 10.6. The molecule has 20 heavy (non-hydrogen) atoms. The van der Waals surface area contributed by atoms with Crippen molar-refractivity contribution in [3.63, 3.8) is 0 Å². The lowest BCUT2D eigenvalue weighted by Gasteiger charge is -2.10. The zero-order chi connectivity index (χ0) is 14.9. The van der Waals surface area contributed by atoms with Gasteiger partial charge in [0.15, 0.2) is 0 Å². The molecule has 106 valence electrons. The molecule has 0 aliphatic carbocycles. The van der Waals surface area contributed by atoms with Crippen molar-refractivity contribution in [2.24, 2.45) is 7.05 Å². The van der Waals surface area contributed by atoms with Crippen LogP contribution >= 0.6 is 15.9 Å². The molecule has 0 aliphatic heterocycles. The number of esters is 1. The van der Waals surface area contributed by atoms with Crippen molar-refractivity contribution in [2.75, 3.05) is 5.73 Å². The van der Waals surface area contributed by atoms with Crippen LogP contribution in [0.5, 0.6) is 0 Å². The van der Waals surface area contributed by atoms with E-state index < -0.39 is 5.97 Å². The van der Waals surface area contributed by atoms with Gasteiger partial charge in [-0.25, -0.2) is 4.79 Å². The lowest BCUT2D eigenvalue weighted by atomic mass is 10.1. The molecule has 0 unspecified atom stereocenters. The Kier molecular flexibility index (Phi) is 4.13. The molecule has 2 rings (SSSR count). The Morgan fingerprint density at radius 3 is 2.70 bits per heavy atom. The first kappa shape index (κ1) is 14.6. The van der Waals surface area contributed by atoms with Crippen molar-refractivity contribution in [2.45, 2.75) is 20.5 Å². The van der Waals surface area contributed by atoms with Crippen LogP contribution in [0.15, 0.2) is 22.7 Å². The van der Waals surface area contributed by atoms with Gasteiger partial charge in [-0.05, 0) is 37.6 Å². The third-order valence-electron chi connectivity index (χ3n) is 3.08. The molecule has 2 aromatic rings. The molecule has 0 spiro atoms. The van der Waals surface area contributed by atoms with E-state index in [9.17, 15) is 4.79 Å². The van der Waals surface area contributed by atoms with E-state index >= 15 is 0 Å². The lowest BCUT2D eigenvalue weighted by molar-refractivity contribution is 0.0462. The molecule has 0 bridgehead atoms. The van der Waals surface area contributed by atoms with Crippen molar-refractivity contribution in [1.29, 1.82) is 0 Å². The lowest BCUT2D eigenvalue weighted by Crippen LogP contribution is -2.10. The number of halogens is 1. The Morgan fingerprint density at radius 1 is 1.40 bits per heavy atom. The predicted molar refractivity (Wildman–Crippen MR) is 80.4 cm³/mol. The first-order chi connectivity index (χ1) is 9.38. The number of nitrogen functional groups attached to an aromatic ring is 1. The molecular formula is C14H16BrN3O2. The number of nitrogens with zero attached hydrogens (tertiary/aromatic N) is 2. The highest BCUT2D eigenvalue weighted by Gasteiger charge is 2.14. The zero-order valence-electron chi connectivity index (χ0n) is 11.6. The number of carbonyl (C=O) groups excluding carboxylic acids is 1. The van der Waals surface area contributed by atoms with E-state index in [2.05, 4.69) is 21.0 Å². The highest BCUT2D eigenvalue weighted by molar-refractivity contribution is 9.10. The monoisotopic (exact) mass is 337 g/mol. The Hall–Kier alpha value is -1.82. The summed E-state index contributed by atoms with van der Waals surface area (Å²) in [7, 11) is 1.82. The third kappa shape index (κ3) is 3.01. The van der Waals surface area contributed by atoms with Gasteiger partial charge in [0.2, 0.25) is 0 Å². The molecule has 0 aliphatic rings. The maximum absolute atomic E-state index is 12.1. The molecular weight excluding hydrogens is 322 g/mol. The van der Waals surface area contributed by atoms with Crippen LogP contribution in [0.4, 0.5) is 5.69 Å². The maximum Gasteiger partial charge on any atom is 0.338 e. The number of hydrogen-bond donors (Lipinski definition) is 1. The van der Waals surface area contributed by atoms with Crippen molar-refractivity contribution >= 4 is 27.6 Å². The summed E-state index contributed by atoms with van der Waals surface area (Å²) in [6, 6.07) is 5.36. The fraction of sp³-hybridized carbons (Fsp3) is 0.286. The number of anilines is 1. The molecule has 0 amide bonds. The van der Waals surface area contributed by atoms with Gasteiger partial charge in [-0.1, -0.05) is 15.9 Å². The summed E-state index contributed by atoms with van der Waals surface area (Å²) >= 11 is 3.32. The summed E-state index contributed by atoms with van der Waals surface area (Å²) in [6.45, 7) is 3.87. The van der Waals surface area contributed by atoms with Crippen LogP contribution in [0.3, 0.4) is 0 Å². The Bertz CT molecular complexity index is 665. The smallest absolute Gasteiger partial charge is 0.338 e. The molecule has 1 aromatic heterocycles. The molecule has 0 saturated heterocycles. The number of rotatable bonds is 3. The summed E-state index contributed by atoms with van der Waals surface area (Å²) in [6.07, 6.45) is 0. The second kappa shape index (κ2) is 5.66. The number of hydrogen-bond acceptors (Lipinski definition) is 4. The van der Waals surface area contributed by atoms with E-state index in [4.69, 9.17) is 10.5 Å². The molecule has 0 atom stereocenters. The van der Waals surface area contributed by atoms with Gasteiger partial charge in [-0.2, -0.15) is 5.10 Å². The second-order valence-electron chi connectivity index (χ2n) is 4.64. The second-order valence-corrected chi connectivity index (χ2v) is 5.56. The first-order valence-corrected chi connectivity index (χ1v) is 6.90. The van der Waals surface area contributed by atoms with Crippen LogP contribution in [-0.2, 0) is 18.4 Å². The van der Waals surface area contributed by atoms with Gasteiger partial charge in [-0.15, -0.1) is 0 Å². The van der Waals surface area contributed by atoms with Gasteiger partial charge in [0.25, 0.3) is 0 Å². The zero-order valence-corrected chi connectivity index (χ0v) is 13.2. The average Bonchev–Trinajstić information content (AvgIpc) is 2.69. The van der Waals surface area contributed by atoms with Gasteiger partial charge in [-0.3, -0.25) is 4.68 Å². The molecule has 6 heteroatoms. The molecule has 2 N–H and O–H groups in total. The third-order valence-corrected chi connectivity index (χ3v) is 3.54. The minimum atomic E-state index is -0.394. The number of nitrogens with two attached hydrogens (primary N) is 1. The summed E-state index contributed by atoms with van der Waals surface area (Å²) in [4.78, 5) is 12.1. The summed E-state index contributed by atoms with van der Waals surface area (Å²) in [5.74, 6) is -0.394. The van der Waals surface area contributed by atoms with Gasteiger partial charge < -0.3 is 10.5 Å². The minimum Gasteiger partial charge on any atom is -0.456 e. The van der Waals surface area contributed by atoms with Crippen molar-refractivity contribution in [1.82, 2.24) is 9.78 Å². The first-order valence-electron chi connectivity index (χ1n) is 6.10. The van der Waals surface area contributed by atoms with Crippen LogP contribution in [0.25, 0.3) is 0 Å². The molecule has 0 fully saturated rings. The summed E-state index contributed by atoms with van der Waals surface area (Å²) in [5.41, 5.74) is 9.32. The number of ether oxygens (including phenoxy) is 1. The van der Waals surface area contributed by atoms with Crippen molar-refractivity contribution < 1.29 is 9.53 Å². The Morgan fingerprint density at radius 2 is 2.10 bits per heavy atom. The van der Waals surface area contributed by atoms with Crippen LogP contribution in [-0.4, -0.2) is 15.7 Å². The van der Waals surface area contributed by atoms with Gasteiger partial charge in [0, 0.05) is 17.2 Å². The standard InChI is InChI=1S/C14H16BrN3O2/c1-8-4-11(18(3)17-8)7-20-14(19)12-5-10(15)6-13(16)9(12)2/h4-6H,7,16H2,1-3H3. The predicted octanol–water partition coefficient (Wildman–Crippen LogP) is 2.74. The number of benzene rings is 1. The minimum absolute atomic E-state index is 0.183. The van der Waals surface area contributed by atoms with Crippen LogP contribution in [0.1, 0.15) is 27.3 Å². The number of aryl methyl sites for hydroxylation is 2. The van der Waals surface area contributed by atoms with E-state index in [0.717, 1.165) is 21.4 Å². The van der Waals surface area contributed by atoms with E-state index in [0.29, 0.717) is 11.3 Å². The Balaban J connectivity index is 2.15. The van der Waals surface area contributed by atoms with E-state index in [1.54, 1.807) is 23.7 Å². The molecule has 1 aromatic carbocycles. The number of carbonyl (C=O) groups is 1. The SMILES string of the molecule is Cc1cc(COC(=O)c2cc(Br)cc(N)c2C)n(C)n1. The quantitative estimate of drug-likeness (QED) is 0.690. The average molecular weight is 338 g/mol. The molecule has 1 heterocycles. The van der Waals surface area contributed by atoms with Gasteiger partial charge in [0.1, 0.15) is 6.61 Å². The Labute approximate surface area is 125 Å². The largest absolute Gasteiger partial charge is 0.456 e. The topological polar surface area (TPSA) is 70.1 Å². The van der Waals surface area contributed by atoms with Crippen LogP contribution in [0, 0.1) is 13.8 Å². The van der Waals surface area contributed by atoms with Gasteiger partial charge >= 0.3 is 5.97 Å². The maximum atomic E-state index is 12.1. The fourth-order valence-corrected chi connectivity index (χ4v) is 2.40. The van der Waals surface area contributed by atoms with E-state index in [1.165, 1.54) is 0 Å². The summed E-state index contributed by atoms with van der Waals surface area (Å²) < 4.78 is 7.78. The van der Waals surface area contributed by atoms with E-state index in [-0.39, 0.29) is 6.61 Å². The molecule has 0 saturated carbocycles. The van der Waals surface area contributed by atoms with Gasteiger partial charge in [0.05, 0.1) is 17.0 Å². The highest BCUT2D eigenvalue weighted by Crippen LogP contribution is 2.23. The summed E-state index contributed by atoms with van der Waals surface area (Å²) in [5, 5.41) is 4.21. The molecule has 5 nitrogen and oxygen atoms in total. The van der Waals surface area contributed by atoms with Crippen molar-refractivity contribution in [3.05, 3.63) is 45.2 Å². The van der Waals surface area contributed by atoms with Crippen LogP contribution < -0.4 is 5.73 Å². The number of aromatic nitrogens is 2. The van der Waals surface area contributed by atoms with Crippen molar-refractivity contribution in [3.8, 4) is 0 Å². The molecule has 0 radical (unpaired) electrons.